The van der Waals surface area contributed by atoms with Gasteiger partial charge in [0.1, 0.15) is 5.75 Å². The fourth-order valence-corrected chi connectivity index (χ4v) is 4.62. The van der Waals surface area contributed by atoms with E-state index in [-0.39, 0.29) is 23.8 Å². The molecule has 0 aliphatic carbocycles. The first-order valence-electron chi connectivity index (χ1n) is 10.9. The second-order valence-electron chi connectivity index (χ2n) is 7.72. The van der Waals surface area contributed by atoms with Crippen LogP contribution in [-0.4, -0.2) is 42.9 Å². The monoisotopic (exact) mass is 486 g/mol. The molecule has 0 radical (unpaired) electrons. The van der Waals surface area contributed by atoms with Crippen molar-refractivity contribution < 1.29 is 9.53 Å². The molecule has 1 amide bonds. The lowest BCUT2D eigenvalue weighted by molar-refractivity contribution is -0.118. The predicted molar refractivity (Wildman–Crippen MR) is 134 cm³/mol. The third-order valence-electron chi connectivity index (χ3n) is 5.52. The number of benzene rings is 2. The first kappa shape index (κ1) is 22.6. The predicted octanol–water partition coefficient (Wildman–Crippen LogP) is 2.90. The molecule has 5 aromatic rings. The summed E-state index contributed by atoms with van der Waals surface area (Å²) >= 11 is 1.26. The number of nitrogens with zero attached hydrogens (tertiary/aromatic N) is 5. The Morgan fingerprint density at radius 2 is 1.83 bits per heavy atom. The van der Waals surface area contributed by atoms with Crippen molar-refractivity contribution in [2.75, 3.05) is 12.9 Å². The van der Waals surface area contributed by atoms with Gasteiger partial charge in [-0.05, 0) is 30.3 Å². The minimum Gasteiger partial charge on any atom is -0.496 e. The van der Waals surface area contributed by atoms with Crippen LogP contribution in [0.1, 0.15) is 11.3 Å². The summed E-state index contributed by atoms with van der Waals surface area (Å²) in [7, 11) is 1.60. The maximum absolute atomic E-state index is 13.4. The molecule has 0 aliphatic rings. The maximum atomic E-state index is 13.4. The average Bonchev–Trinajstić information content (AvgIpc) is 3.33. The van der Waals surface area contributed by atoms with E-state index in [1.165, 1.54) is 11.8 Å². The van der Waals surface area contributed by atoms with E-state index in [2.05, 4.69) is 20.5 Å². The van der Waals surface area contributed by atoms with Gasteiger partial charge in [-0.1, -0.05) is 48.2 Å². The number of aromatic nitrogens is 5. The lowest BCUT2D eigenvalue weighted by Crippen LogP contribution is -2.25. The molecule has 3 heterocycles. The minimum atomic E-state index is -0.170. The van der Waals surface area contributed by atoms with Crippen LogP contribution in [0.15, 0.2) is 82.9 Å². The standard InChI is InChI=1S/C25H22N6O3S/c1-34-21-12-5-2-8-17(21)15-30-23(33)19-10-3-4-11-20(19)31-24(30)28-29-25(31)35-16-22(32)27-14-18-9-6-7-13-26-18/h2-13H,14-16H2,1H3,(H,27,32). The number of hydrogen-bond acceptors (Lipinski definition) is 7. The molecule has 0 aliphatic heterocycles. The Kier molecular flexibility index (Phi) is 6.44. The second kappa shape index (κ2) is 9.98. The summed E-state index contributed by atoms with van der Waals surface area (Å²) in [6, 6.07) is 20.4. The van der Waals surface area contributed by atoms with Crippen LogP contribution in [0.4, 0.5) is 0 Å². The minimum absolute atomic E-state index is 0.146. The largest absolute Gasteiger partial charge is 0.496 e. The van der Waals surface area contributed by atoms with E-state index in [4.69, 9.17) is 4.74 Å². The molecule has 2 aromatic carbocycles. The maximum Gasteiger partial charge on any atom is 0.263 e. The average molecular weight is 487 g/mol. The number of thioether (sulfide) groups is 1. The highest BCUT2D eigenvalue weighted by Crippen LogP contribution is 2.23. The molecule has 0 bridgehead atoms. The smallest absolute Gasteiger partial charge is 0.263 e. The number of ether oxygens (including phenoxy) is 1. The van der Waals surface area contributed by atoms with E-state index in [0.717, 1.165) is 11.3 Å². The zero-order chi connectivity index (χ0) is 24.2. The third-order valence-corrected chi connectivity index (χ3v) is 6.45. The molecule has 0 fully saturated rings. The van der Waals surface area contributed by atoms with Crippen LogP contribution in [0.3, 0.4) is 0 Å². The normalized spacial score (nSPS) is 11.1. The number of carbonyl (C=O) groups is 1. The molecule has 10 heteroatoms. The highest BCUT2D eigenvalue weighted by atomic mass is 32.2. The van der Waals surface area contributed by atoms with E-state index >= 15 is 0 Å². The van der Waals surface area contributed by atoms with Gasteiger partial charge in [-0.2, -0.15) is 0 Å². The molecule has 0 saturated heterocycles. The number of pyridine rings is 1. The van der Waals surface area contributed by atoms with Crippen LogP contribution in [0.5, 0.6) is 5.75 Å². The van der Waals surface area contributed by atoms with E-state index < -0.39 is 0 Å². The van der Waals surface area contributed by atoms with E-state index in [1.807, 2.05) is 65.1 Å². The van der Waals surface area contributed by atoms with Gasteiger partial charge in [0.25, 0.3) is 5.56 Å². The van der Waals surface area contributed by atoms with Gasteiger partial charge in [-0.15, -0.1) is 10.2 Å². The Hall–Kier alpha value is -4.18. The summed E-state index contributed by atoms with van der Waals surface area (Å²) in [5, 5.41) is 12.6. The van der Waals surface area contributed by atoms with Gasteiger partial charge < -0.3 is 10.1 Å². The summed E-state index contributed by atoms with van der Waals surface area (Å²) in [4.78, 5) is 30.1. The molecule has 9 nitrogen and oxygen atoms in total. The number of carbonyl (C=O) groups excluding carboxylic acids is 1. The molecule has 0 unspecified atom stereocenters. The van der Waals surface area contributed by atoms with Crippen molar-refractivity contribution >= 4 is 34.3 Å². The molecule has 5 rings (SSSR count). The molecule has 0 saturated carbocycles. The Balaban J connectivity index is 1.47. The molecule has 35 heavy (non-hydrogen) atoms. The quantitative estimate of drug-likeness (QED) is 0.336. The number of hydrogen-bond donors (Lipinski definition) is 1. The number of amides is 1. The molecule has 176 valence electrons. The highest BCUT2D eigenvalue weighted by molar-refractivity contribution is 7.99. The van der Waals surface area contributed by atoms with Gasteiger partial charge in [0.15, 0.2) is 5.16 Å². The van der Waals surface area contributed by atoms with Crippen molar-refractivity contribution in [1.29, 1.82) is 0 Å². The number of fused-ring (bicyclic) bond motifs is 3. The van der Waals surface area contributed by atoms with Crippen molar-refractivity contribution in [3.8, 4) is 5.75 Å². The summed E-state index contributed by atoms with van der Waals surface area (Å²) in [5.74, 6) is 1.08. The van der Waals surface area contributed by atoms with Gasteiger partial charge in [0.05, 0.1) is 42.5 Å². The Morgan fingerprint density at radius 3 is 2.66 bits per heavy atom. The topological polar surface area (TPSA) is 103 Å². The summed E-state index contributed by atoms with van der Waals surface area (Å²) in [6.45, 7) is 0.618. The summed E-state index contributed by atoms with van der Waals surface area (Å²) in [5.41, 5.74) is 2.15. The summed E-state index contributed by atoms with van der Waals surface area (Å²) < 4.78 is 8.87. The zero-order valence-electron chi connectivity index (χ0n) is 18.9. The molecule has 3 aromatic heterocycles. The van der Waals surface area contributed by atoms with Gasteiger partial charge in [-0.25, -0.2) is 0 Å². The Bertz CT molecular complexity index is 1560. The lowest BCUT2D eigenvalue weighted by Gasteiger charge is -2.13. The molecule has 0 atom stereocenters. The number of nitrogens with one attached hydrogen (secondary N) is 1. The molecule has 0 spiro atoms. The van der Waals surface area contributed by atoms with Crippen molar-refractivity contribution in [1.82, 2.24) is 29.5 Å². The number of para-hydroxylation sites is 2. The zero-order valence-corrected chi connectivity index (χ0v) is 19.7. The van der Waals surface area contributed by atoms with E-state index in [1.54, 1.807) is 23.9 Å². The first-order valence-corrected chi connectivity index (χ1v) is 11.9. The summed E-state index contributed by atoms with van der Waals surface area (Å²) in [6.07, 6.45) is 1.69. The van der Waals surface area contributed by atoms with E-state index in [9.17, 15) is 9.59 Å². The van der Waals surface area contributed by atoms with Gasteiger partial charge in [0, 0.05) is 11.8 Å². The van der Waals surface area contributed by atoms with Crippen LogP contribution in [-0.2, 0) is 17.9 Å². The van der Waals surface area contributed by atoms with Crippen LogP contribution in [0.25, 0.3) is 16.7 Å². The molecular formula is C25H22N6O3S. The van der Waals surface area contributed by atoms with Crippen LogP contribution < -0.4 is 15.6 Å². The fourth-order valence-electron chi connectivity index (χ4n) is 3.85. The number of rotatable bonds is 8. The highest BCUT2D eigenvalue weighted by Gasteiger charge is 2.18. The second-order valence-corrected chi connectivity index (χ2v) is 8.67. The molecular weight excluding hydrogens is 464 g/mol. The van der Waals surface area contributed by atoms with E-state index in [0.29, 0.717) is 34.1 Å². The lowest BCUT2D eigenvalue weighted by atomic mass is 10.2. The van der Waals surface area contributed by atoms with Crippen LogP contribution in [0.2, 0.25) is 0 Å². The van der Waals surface area contributed by atoms with Crippen LogP contribution in [0, 0.1) is 0 Å². The molecule has 1 N–H and O–H groups in total. The Morgan fingerprint density at radius 1 is 1.03 bits per heavy atom. The Labute approximate surface area is 204 Å². The van der Waals surface area contributed by atoms with Crippen molar-refractivity contribution in [3.05, 3.63) is 94.5 Å². The third kappa shape index (κ3) is 4.60. The van der Waals surface area contributed by atoms with Gasteiger partial charge in [0.2, 0.25) is 11.7 Å². The van der Waals surface area contributed by atoms with Crippen molar-refractivity contribution in [2.24, 2.45) is 0 Å². The first-order chi connectivity index (χ1) is 17.2. The van der Waals surface area contributed by atoms with Gasteiger partial charge >= 0.3 is 0 Å². The van der Waals surface area contributed by atoms with Crippen molar-refractivity contribution in [3.63, 3.8) is 0 Å². The SMILES string of the molecule is COc1ccccc1Cn1c(=O)c2ccccc2n2c(SCC(=O)NCc3ccccn3)nnc12. The van der Waals surface area contributed by atoms with Gasteiger partial charge in [-0.3, -0.25) is 23.5 Å². The fraction of sp³-hybridized carbons (Fsp3) is 0.160. The number of methoxy groups -OCH3 is 1. The van der Waals surface area contributed by atoms with Crippen molar-refractivity contribution in [2.45, 2.75) is 18.2 Å². The van der Waals surface area contributed by atoms with Crippen LogP contribution >= 0.6 is 11.8 Å².